The van der Waals surface area contributed by atoms with Crippen molar-refractivity contribution in [3.8, 4) is 0 Å². The predicted octanol–water partition coefficient (Wildman–Crippen LogP) is 0.427. The standard InChI is InChI=1S/C11H16N4O2/c1-11(3-4-17-7-11)15-10(16)8-5-13-6-9(12-2)14-8/h5-6H,3-4,7H2,1-2H3,(H,12,14)(H,15,16). The first-order valence-electron chi connectivity index (χ1n) is 5.53. The zero-order chi connectivity index (χ0) is 12.3. The second-order valence-corrected chi connectivity index (χ2v) is 4.36. The number of anilines is 1. The molecule has 6 nitrogen and oxygen atoms in total. The molecule has 1 aliphatic rings. The molecule has 0 aliphatic carbocycles. The molecule has 1 aromatic rings. The first-order chi connectivity index (χ1) is 8.13. The molecule has 2 N–H and O–H groups in total. The highest BCUT2D eigenvalue weighted by Gasteiger charge is 2.31. The van der Waals surface area contributed by atoms with Gasteiger partial charge in [0.15, 0.2) is 0 Å². The molecular formula is C11H16N4O2. The summed E-state index contributed by atoms with van der Waals surface area (Å²) in [6, 6.07) is 0. The molecule has 1 unspecified atom stereocenters. The van der Waals surface area contributed by atoms with Crippen LogP contribution < -0.4 is 10.6 Å². The minimum absolute atomic E-state index is 0.220. The summed E-state index contributed by atoms with van der Waals surface area (Å²) >= 11 is 0. The van der Waals surface area contributed by atoms with E-state index >= 15 is 0 Å². The zero-order valence-electron chi connectivity index (χ0n) is 9.99. The number of rotatable bonds is 3. The van der Waals surface area contributed by atoms with Gasteiger partial charge in [0.25, 0.3) is 5.91 Å². The van der Waals surface area contributed by atoms with Crippen molar-refractivity contribution in [3.63, 3.8) is 0 Å². The molecule has 0 radical (unpaired) electrons. The maximum absolute atomic E-state index is 12.0. The Labute approximate surface area is 99.8 Å². The van der Waals surface area contributed by atoms with Crippen LogP contribution in [0.25, 0.3) is 0 Å². The van der Waals surface area contributed by atoms with Crippen molar-refractivity contribution in [2.75, 3.05) is 25.6 Å². The van der Waals surface area contributed by atoms with E-state index in [1.807, 2.05) is 6.92 Å². The number of nitrogens with one attached hydrogen (secondary N) is 2. The number of nitrogens with zero attached hydrogens (tertiary/aromatic N) is 2. The van der Waals surface area contributed by atoms with Crippen LogP contribution in [0.2, 0.25) is 0 Å². The van der Waals surface area contributed by atoms with Gasteiger partial charge in [-0.25, -0.2) is 4.98 Å². The van der Waals surface area contributed by atoms with E-state index < -0.39 is 0 Å². The molecule has 2 heterocycles. The second kappa shape index (κ2) is 4.67. The van der Waals surface area contributed by atoms with Gasteiger partial charge in [-0.3, -0.25) is 9.78 Å². The fraction of sp³-hybridized carbons (Fsp3) is 0.545. The topological polar surface area (TPSA) is 76.1 Å². The predicted molar refractivity (Wildman–Crippen MR) is 62.9 cm³/mol. The van der Waals surface area contributed by atoms with Crippen LogP contribution in [0, 0.1) is 0 Å². The minimum Gasteiger partial charge on any atom is -0.379 e. The third-order valence-electron chi connectivity index (χ3n) is 2.76. The molecule has 0 bridgehead atoms. The molecule has 1 amide bonds. The van der Waals surface area contributed by atoms with Crippen molar-refractivity contribution in [1.82, 2.24) is 15.3 Å². The molecule has 92 valence electrons. The Morgan fingerprint density at radius 3 is 3.00 bits per heavy atom. The third kappa shape index (κ3) is 2.71. The second-order valence-electron chi connectivity index (χ2n) is 4.36. The van der Waals surface area contributed by atoms with Gasteiger partial charge >= 0.3 is 0 Å². The summed E-state index contributed by atoms with van der Waals surface area (Å²) in [4.78, 5) is 20.1. The van der Waals surface area contributed by atoms with Crippen LogP contribution in [0.5, 0.6) is 0 Å². The van der Waals surface area contributed by atoms with Gasteiger partial charge in [-0.05, 0) is 13.3 Å². The SMILES string of the molecule is CNc1cncc(C(=O)NC2(C)CCOC2)n1. The highest BCUT2D eigenvalue weighted by atomic mass is 16.5. The van der Waals surface area contributed by atoms with E-state index in [4.69, 9.17) is 4.74 Å². The molecule has 1 aromatic heterocycles. The quantitative estimate of drug-likeness (QED) is 0.795. The summed E-state index contributed by atoms with van der Waals surface area (Å²) < 4.78 is 5.28. The third-order valence-corrected chi connectivity index (χ3v) is 2.76. The van der Waals surface area contributed by atoms with E-state index in [2.05, 4.69) is 20.6 Å². The van der Waals surface area contributed by atoms with Crippen LogP contribution in [0.3, 0.4) is 0 Å². The van der Waals surface area contributed by atoms with Crippen molar-refractivity contribution in [2.45, 2.75) is 18.9 Å². The van der Waals surface area contributed by atoms with Crippen LogP contribution >= 0.6 is 0 Å². The molecule has 6 heteroatoms. The summed E-state index contributed by atoms with van der Waals surface area (Å²) in [6.07, 6.45) is 3.84. The number of amides is 1. The molecule has 1 atom stereocenters. The largest absolute Gasteiger partial charge is 0.379 e. The lowest BCUT2D eigenvalue weighted by molar-refractivity contribution is 0.0884. The van der Waals surface area contributed by atoms with E-state index in [0.717, 1.165) is 6.42 Å². The van der Waals surface area contributed by atoms with Crippen molar-refractivity contribution in [1.29, 1.82) is 0 Å². The van der Waals surface area contributed by atoms with Crippen LogP contribution in [0.1, 0.15) is 23.8 Å². The molecule has 2 rings (SSSR count). The minimum atomic E-state index is -0.297. The number of carbonyl (C=O) groups is 1. The summed E-state index contributed by atoms with van der Waals surface area (Å²) in [7, 11) is 1.73. The Bertz CT molecular complexity index is 416. The highest BCUT2D eigenvalue weighted by molar-refractivity contribution is 5.92. The molecule has 1 fully saturated rings. The smallest absolute Gasteiger partial charge is 0.272 e. The van der Waals surface area contributed by atoms with E-state index in [0.29, 0.717) is 24.7 Å². The molecule has 1 saturated heterocycles. The van der Waals surface area contributed by atoms with Gasteiger partial charge in [-0.2, -0.15) is 0 Å². The molecule has 17 heavy (non-hydrogen) atoms. The van der Waals surface area contributed by atoms with Gasteiger partial charge in [0.2, 0.25) is 0 Å². The lowest BCUT2D eigenvalue weighted by Crippen LogP contribution is -2.46. The number of hydrogen-bond acceptors (Lipinski definition) is 5. The average Bonchev–Trinajstić information content (AvgIpc) is 2.76. The maximum atomic E-state index is 12.0. The Morgan fingerprint density at radius 1 is 1.53 bits per heavy atom. The summed E-state index contributed by atoms with van der Waals surface area (Å²) in [5.41, 5.74) is 0.0130. The Balaban J connectivity index is 2.08. The number of aromatic nitrogens is 2. The molecule has 0 aromatic carbocycles. The van der Waals surface area contributed by atoms with E-state index in [1.165, 1.54) is 6.20 Å². The van der Waals surface area contributed by atoms with Crippen LogP contribution in [-0.2, 0) is 4.74 Å². The van der Waals surface area contributed by atoms with Crippen molar-refractivity contribution in [2.24, 2.45) is 0 Å². The normalized spacial score (nSPS) is 23.4. The van der Waals surface area contributed by atoms with Crippen LogP contribution in [0.4, 0.5) is 5.82 Å². The van der Waals surface area contributed by atoms with E-state index in [1.54, 1.807) is 13.2 Å². The van der Waals surface area contributed by atoms with Gasteiger partial charge in [0.05, 0.1) is 24.5 Å². The first-order valence-corrected chi connectivity index (χ1v) is 5.53. The number of hydrogen-bond donors (Lipinski definition) is 2. The van der Waals surface area contributed by atoms with Gasteiger partial charge in [-0.15, -0.1) is 0 Å². The van der Waals surface area contributed by atoms with Crippen molar-refractivity contribution in [3.05, 3.63) is 18.1 Å². The maximum Gasteiger partial charge on any atom is 0.272 e. The summed E-state index contributed by atoms with van der Waals surface area (Å²) in [5.74, 6) is 0.355. The lowest BCUT2D eigenvalue weighted by atomic mass is 10.0. The Hall–Kier alpha value is -1.69. The first kappa shape index (κ1) is 11.8. The van der Waals surface area contributed by atoms with Crippen LogP contribution in [0.15, 0.2) is 12.4 Å². The molecular weight excluding hydrogens is 220 g/mol. The van der Waals surface area contributed by atoms with Gasteiger partial charge in [-0.1, -0.05) is 0 Å². The van der Waals surface area contributed by atoms with Crippen molar-refractivity contribution >= 4 is 11.7 Å². The van der Waals surface area contributed by atoms with Gasteiger partial charge in [0.1, 0.15) is 11.5 Å². The van der Waals surface area contributed by atoms with Gasteiger partial charge < -0.3 is 15.4 Å². The Kier molecular flexibility index (Phi) is 3.23. The number of ether oxygens (including phenoxy) is 1. The fourth-order valence-corrected chi connectivity index (χ4v) is 1.70. The molecule has 1 aliphatic heterocycles. The highest BCUT2D eigenvalue weighted by Crippen LogP contribution is 2.17. The Morgan fingerprint density at radius 2 is 2.35 bits per heavy atom. The van der Waals surface area contributed by atoms with Crippen molar-refractivity contribution < 1.29 is 9.53 Å². The average molecular weight is 236 g/mol. The monoisotopic (exact) mass is 236 g/mol. The number of carbonyl (C=O) groups excluding carboxylic acids is 1. The fourth-order valence-electron chi connectivity index (χ4n) is 1.70. The molecule has 0 saturated carbocycles. The van der Waals surface area contributed by atoms with E-state index in [9.17, 15) is 4.79 Å². The lowest BCUT2D eigenvalue weighted by Gasteiger charge is -2.23. The summed E-state index contributed by atoms with van der Waals surface area (Å²) in [6.45, 7) is 3.18. The summed E-state index contributed by atoms with van der Waals surface area (Å²) in [5, 5.41) is 5.78. The molecule has 0 spiro atoms. The van der Waals surface area contributed by atoms with Crippen LogP contribution in [-0.4, -0.2) is 41.7 Å². The zero-order valence-corrected chi connectivity index (χ0v) is 9.99. The van der Waals surface area contributed by atoms with Gasteiger partial charge in [0, 0.05) is 13.7 Å². The van der Waals surface area contributed by atoms with E-state index in [-0.39, 0.29) is 11.4 Å².